The summed E-state index contributed by atoms with van der Waals surface area (Å²) in [4.78, 5) is 10.2. The van der Waals surface area contributed by atoms with Crippen molar-refractivity contribution in [2.24, 2.45) is 5.11 Å². The first-order valence-corrected chi connectivity index (χ1v) is 4.80. The third kappa shape index (κ3) is 1.69. The summed E-state index contributed by atoms with van der Waals surface area (Å²) in [5.74, 6) is -0.161. The Morgan fingerprint density at radius 3 is 2.65 bits per heavy atom. The standard InChI is InChI=1S/C11H8N3O3/c1-6-4-10(15)11(13-12)8-3-2-7(14(16)17)5-9(6)8/h2-5,15H,1H3/q-1. The van der Waals surface area contributed by atoms with Crippen LogP contribution in [0.5, 0.6) is 5.75 Å². The maximum atomic E-state index is 10.7. The monoisotopic (exact) mass is 230 g/mol. The maximum Gasteiger partial charge on any atom is 0.270 e. The number of rotatable bonds is 2. The Morgan fingerprint density at radius 1 is 1.35 bits per heavy atom. The second kappa shape index (κ2) is 3.82. The molecule has 0 heterocycles. The van der Waals surface area contributed by atoms with Gasteiger partial charge in [0.05, 0.1) is 10.6 Å². The normalized spacial score (nSPS) is 10.4. The van der Waals surface area contributed by atoms with Gasteiger partial charge in [-0.15, -0.1) is 0 Å². The van der Waals surface area contributed by atoms with Crippen LogP contribution in [0.4, 0.5) is 11.4 Å². The van der Waals surface area contributed by atoms with Gasteiger partial charge in [0, 0.05) is 17.5 Å². The third-order valence-electron chi connectivity index (χ3n) is 2.59. The van der Waals surface area contributed by atoms with E-state index in [9.17, 15) is 15.2 Å². The van der Waals surface area contributed by atoms with Gasteiger partial charge in [0.1, 0.15) is 5.75 Å². The molecule has 0 amide bonds. The molecular weight excluding hydrogens is 222 g/mol. The maximum absolute atomic E-state index is 10.7. The van der Waals surface area contributed by atoms with E-state index in [2.05, 4.69) is 5.11 Å². The van der Waals surface area contributed by atoms with Crippen molar-refractivity contribution >= 4 is 22.1 Å². The van der Waals surface area contributed by atoms with Crippen molar-refractivity contribution in [3.05, 3.63) is 45.5 Å². The van der Waals surface area contributed by atoms with Gasteiger partial charge < -0.3 is 15.8 Å². The number of fused-ring (bicyclic) bond motifs is 1. The molecule has 0 aliphatic rings. The summed E-state index contributed by atoms with van der Waals surface area (Å²) in [6.45, 7) is 1.72. The lowest BCUT2D eigenvalue weighted by Crippen LogP contribution is -1.88. The summed E-state index contributed by atoms with van der Waals surface area (Å²) in [6, 6.07) is 5.55. The van der Waals surface area contributed by atoms with E-state index in [4.69, 9.17) is 5.53 Å². The van der Waals surface area contributed by atoms with Gasteiger partial charge in [-0.3, -0.25) is 10.1 Å². The molecular formula is C11H8N3O3-. The lowest BCUT2D eigenvalue weighted by molar-refractivity contribution is -0.384. The molecule has 2 aromatic carbocycles. The molecule has 0 aliphatic heterocycles. The lowest BCUT2D eigenvalue weighted by Gasteiger charge is -2.09. The molecule has 0 unspecified atom stereocenters. The Balaban J connectivity index is 2.88. The lowest BCUT2D eigenvalue weighted by atomic mass is 10.0. The van der Waals surface area contributed by atoms with Gasteiger partial charge in [-0.2, -0.15) is 0 Å². The van der Waals surface area contributed by atoms with E-state index in [-0.39, 0.29) is 17.1 Å². The van der Waals surface area contributed by atoms with Crippen molar-refractivity contribution in [3.8, 4) is 5.75 Å². The molecule has 2 rings (SSSR count). The Morgan fingerprint density at radius 2 is 2.06 bits per heavy atom. The molecule has 6 nitrogen and oxygen atoms in total. The Bertz CT molecular complexity index is 637. The fourth-order valence-corrected chi connectivity index (χ4v) is 1.77. The molecule has 0 spiro atoms. The summed E-state index contributed by atoms with van der Waals surface area (Å²) < 4.78 is 0. The van der Waals surface area contributed by atoms with Crippen molar-refractivity contribution in [2.75, 3.05) is 0 Å². The summed E-state index contributed by atoms with van der Waals surface area (Å²) in [5.41, 5.74) is 9.46. The van der Waals surface area contributed by atoms with Crippen molar-refractivity contribution in [1.29, 1.82) is 0 Å². The summed E-state index contributed by atoms with van der Waals surface area (Å²) in [6.07, 6.45) is 0. The van der Waals surface area contributed by atoms with Crippen LogP contribution < -0.4 is 0 Å². The van der Waals surface area contributed by atoms with Crippen LogP contribution in [0, 0.1) is 17.0 Å². The molecule has 1 N–H and O–H groups in total. The molecule has 0 saturated heterocycles. The number of hydrogen-bond donors (Lipinski definition) is 1. The second-order valence-corrected chi connectivity index (χ2v) is 3.65. The van der Waals surface area contributed by atoms with E-state index < -0.39 is 4.92 Å². The third-order valence-corrected chi connectivity index (χ3v) is 2.59. The summed E-state index contributed by atoms with van der Waals surface area (Å²) >= 11 is 0. The Kier molecular flexibility index (Phi) is 2.47. The molecule has 0 atom stereocenters. The number of nitro benzene ring substituents is 1. The van der Waals surface area contributed by atoms with Gasteiger partial charge in [-0.1, -0.05) is 0 Å². The van der Waals surface area contributed by atoms with E-state index in [1.165, 1.54) is 24.3 Å². The number of nitrogens with zero attached hydrogens (tertiary/aromatic N) is 3. The second-order valence-electron chi connectivity index (χ2n) is 3.65. The van der Waals surface area contributed by atoms with Crippen molar-refractivity contribution in [3.63, 3.8) is 0 Å². The van der Waals surface area contributed by atoms with Gasteiger partial charge in [0.25, 0.3) is 5.69 Å². The van der Waals surface area contributed by atoms with Crippen LogP contribution in [-0.2, 0) is 0 Å². The number of hydrogen-bond acceptors (Lipinski definition) is 4. The highest BCUT2D eigenvalue weighted by Gasteiger charge is 2.12. The van der Waals surface area contributed by atoms with Crippen molar-refractivity contribution in [1.82, 2.24) is 0 Å². The average Bonchev–Trinajstić information content (AvgIpc) is 2.29. The number of benzene rings is 2. The molecule has 0 aromatic heterocycles. The van der Waals surface area contributed by atoms with E-state index in [1.807, 2.05) is 0 Å². The highest BCUT2D eigenvalue weighted by molar-refractivity contribution is 5.98. The van der Waals surface area contributed by atoms with Crippen LogP contribution in [0.1, 0.15) is 5.56 Å². The smallest absolute Gasteiger partial charge is 0.270 e. The van der Waals surface area contributed by atoms with E-state index in [0.717, 1.165) is 0 Å². The first-order valence-electron chi connectivity index (χ1n) is 4.80. The topological polar surface area (TPSA) is 98.0 Å². The number of non-ortho nitro benzene ring substituents is 1. The molecule has 0 radical (unpaired) electrons. The molecule has 2 aromatic rings. The number of aromatic hydroxyl groups is 1. The zero-order chi connectivity index (χ0) is 12.6. The zero-order valence-corrected chi connectivity index (χ0v) is 8.91. The zero-order valence-electron chi connectivity index (χ0n) is 8.91. The van der Waals surface area contributed by atoms with Crippen LogP contribution in [-0.4, -0.2) is 10.0 Å². The summed E-state index contributed by atoms with van der Waals surface area (Å²) in [7, 11) is 0. The molecule has 6 heteroatoms. The molecule has 0 fully saturated rings. The predicted octanol–water partition coefficient (Wildman–Crippen LogP) is 3.42. The first kappa shape index (κ1) is 11.0. The fraction of sp³-hybridized carbons (Fsp3) is 0.0909. The van der Waals surface area contributed by atoms with Crippen LogP contribution >= 0.6 is 0 Å². The quantitative estimate of drug-likeness (QED) is 0.486. The first-order chi connectivity index (χ1) is 8.04. The van der Waals surface area contributed by atoms with Gasteiger partial charge in [0.2, 0.25) is 0 Å². The Hall–Kier alpha value is -2.50. The van der Waals surface area contributed by atoms with Crippen LogP contribution in [0.3, 0.4) is 0 Å². The van der Waals surface area contributed by atoms with E-state index in [0.29, 0.717) is 16.3 Å². The fourth-order valence-electron chi connectivity index (χ4n) is 1.77. The SMILES string of the molecule is Cc1cc(O)c(N=[N-])c2ccc([N+](=O)[O-])cc12. The van der Waals surface area contributed by atoms with Crippen molar-refractivity contribution in [2.45, 2.75) is 6.92 Å². The molecule has 0 bridgehead atoms. The minimum Gasteiger partial charge on any atom is -0.706 e. The number of aryl methyl sites for hydroxylation is 1. The van der Waals surface area contributed by atoms with Crippen LogP contribution in [0.2, 0.25) is 0 Å². The summed E-state index contributed by atoms with van der Waals surface area (Å²) in [5, 5.41) is 24.3. The average molecular weight is 230 g/mol. The van der Waals surface area contributed by atoms with Gasteiger partial charge in [-0.25, -0.2) is 0 Å². The van der Waals surface area contributed by atoms with Crippen molar-refractivity contribution < 1.29 is 10.0 Å². The highest BCUT2D eigenvalue weighted by Crippen LogP contribution is 2.38. The molecule has 86 valence electrons. The van der Waals surface area contributed by atoms with Gasteiger partial charge >= 0.3 is 0 Å². The largest absolute Gasteiger partial charge is 0.706 e. The predicted molar refractivity (Wildman–Crippen MR) is 62.5 cm³/mol. The van der Waals surface area contributed by atoms with Crippen LogP contribution in [0.15, 0.2) is 29.4 Å². The molecule has 17 heavy (non-hydrogen) atoms. The molecule has 0 aliphatic carbocycles. The highest BCUT2D eigenvalue weighted by atomic mass is 16.6. The number of nitro groups is 1. The van der Waals surface area contributed by atoms with E-state index >= 15 is 0 Å². The molecule has 0 saturated carbocycles. The number of phenolic OH excluding ortho intramolecular Hbond substituents is 1. The van der Waals surface area contributed by atoms with Gasteiger partial charge in [0.15, 0.2) is 0 Å². The minimum atomic E-state index is -0.499. The minimum absolute atomic E-state index is 0.0143. The number of phenols is 1. The van der Waals surface area contributed by atoms with Crippen LogP contribution in [0.25, 0.3) is 16.3 Å². The van der Waals surface area contributed by atoms with Gasteiger partial charge in [-0.05, 0) is 30.0 Å². The van der Waals surface area contributed by atoms with E-state index in [1.54, 1.807) is 6.92 Å². The Labute approximate surface area is 96.2 Å².